The summed E-state index contributed by atoms with van der Waals surface area (Å²) in [6.07, 6.45) is 5.96. The molecule has 3 aromatic rings. The molecule has 37 heavy (non-hydrogen) atoms. The lowest BCUT2D eigenvalue weighted by atomic mass is 10.3. The van der Waals surface area contributed by atoms with Crippen LogP contribution in [-0.2, 0) is 17.9 Å². The van der Waals surface area contributed by atoms with Crippen LogP contribution >= 0.6 is 0 Å². The van der Waals surface area contributed by atoms with E-state index in [9.17, 15) is 4.79 Å². The molecule has 4 fully saturated rings. The first-order chi connectivity index (χ1) is 18.1. The van der Waals surface area contributed by atoms with E-state index in [-0.39, 0.29) is 12.6 Å². The minimum atomic E-state index is -0.354. The monoisotopic (exact) mass is 504 g/mol. The van der Waals surface area contributed by atoms with Crippen molar-refractivity contribution in [1.82, 2.24) is 30.2 Å². The van der Waals surface area contributed by atoms with Crippen LogP contribution in [0.15, 0.2) is 36.7 Å². The van der Waals surface area contributed by atoms with Gasteiger partial charge in [-0.2, -0.15) is 15.3 Å². The molecule has 4 aliphatic rings. The number of rotatable bonds is 7. The zero-order valence-corrected chi connectivity index (χ0v) is 21.0. The summed E-state index contributed by atoms with van der Waals surface area (Å²) in [5.74, 6) is 5.13. The van der Waals surface area contributed by atoms with E-state index in [1.54, 1.807) is 17.8 Å². The van der Waals surface area contributed by atoms with Gasteiger partial charge in [0.2, 0.25) is 0 Å². The zero-order valence-electron chi connectivity index (χ0n) is 21.0. The second-order valence-corrected chi connectivity index (χ2v) is 10.4. The number of anilines is 2. The number of piperidine rings is 2. The van der Waals surface area contributed by atoms with Crippen LogP contribution in [0.1, 0.15) is 41.5 Å². The molecule has 5 heterocycles. The lowest BCUT2D eigenvalue weighted by Crippen LogP contribution is -2.23. The molecule has 0 bridgehead atoms. The largest absolute Gasteiger partial charge is 0.462 e. The smallest absolute Gasteiger partial charge is 0.341 e. The lowest BCUT2D eigenvalue weighted by Gasteiger charge is -2.18. The number of fused-ring (bicyclic) bond motifs is 2. The van der Waals surface area contributed by atoms with Crippen molar-refractivity contribution in [2.75, 3.05) is 42.6 Å². The zero-order chi connectivity index (χ0) is 25.4. The second-order valence-electron chi connectivity index (χ2n) is 10.4. The lowest BCUT2D eigenvalue weighted by molar-refractivity contribution is 0.0526. The van der Waals surface area contributed by atoms with Gasteiger partial charge in [0.1, 0.15) is 0 Å². The van der Waals surface area contributed by atoms with Crippen molar-refractivity contribution in [2.24, 2.45) is 23.7 Å². The van der Waals surface area contributed by atoms with E-state index >= 15 is 0 Å². The number of aromatic nitrogens is 6. The van der Waals surface area contributed by atoms with Gasteiger partial charge in [0.15, 0.2) is 11.6 Å². The van der Waals surface area contributed by atoms with Gasteiger partial charge in [0, 0.05) is 32.4 Å². The summed E-state index contributed by atoms with van der Waals surface area (Å²) >= 11 is 0. The Morgan fingerprint density at radius 3 is 1.95 bits per heavy atom. The molecule has 2 saturated heterocycles. The average molecular weight is 505 g/mol. The maximum Gasteiger partial charge on any atom is 0.341 e. The van der Waals surface area contributed by atoms with Gasteiger partial charge in [0.05, 0.1) is 42.9 Å². The topological polar surface area (TPSA) is 122 Å². The first kappa shape index (κ1) is 23.8. The van der Waals surface area contributed by atoms with Gasteiger partial charge in [-0.1, -0.05) is 0 Å². The summed E-state index contributed by atoms with van der Waals surface area (Å²) in [4.78, 5) is 16.2. The Bertz CT molecular complexity index is 1210. The Kier molecular flexibility index (Phi) is 6.45. The molecule has 1 N–H and O–H groups in total. The number of nitrogens with zero attached hydrogens (tertiary/aromatic N) is 8. The van der Waals surface area contributed by atoms with Crippen LogP contribution in [0.5, 0.6) is 0 Å². The number of ether oxygens (including phenoxy) is 1. The molecular weight excluding hydrogens is 472 g/mol. The van der Waals surface area contributed by atoms with Crippen molar-refractivity contribution in [1.29, 1.82) is 0 Å². The fourth-order valence-electron chi connectivity index (χ4n) is 5.32. The summed E-state index contributed by atoms with van der Waals surface area (Å²) in [7, 11) is 0. The molecule has 194 valence electrons. The molecule has 4 atom stereocenters. The van der Waals surface area contributed by atoms with Crippen molar-refractivity contribution in [2.45, 2.75) is 32.9 Å². The molecule has 0 aromatic carbocycles. The molecule has 3 aromatic heterocycles. The number of hydrogen-bond donors (Lipinski definition) is 1. The molecule has 4 unspecified atom stereocenters. The highest BCUT2D eigenvalue weighted by Crippen LogP contribution is 2.46. The van der Waals surface area contributed by atoms with Gasteiger partial charge in [-0.15, -0.1) is 10.2 Å². The first-order valence-corrected chi connectivity index (χ1v) is 13.0. The van der Waals surface area contributed by atoms with Crippen molar-refractivity contribution >= 4 is 17.6 Å². The molecular formula is C26H32N8O3. The Morgan fingerprint density at radius 1 is 0.892 bits per heavy atom. The molecule has 0 amide bonds. The van der Waals surface area contributed by atoms with Crippen molar-refractivity contribution in [3.63, 3.8) is 0 Å². The van der Waals surface area contributed by atoms with E-state index in [0.29, 0.717) is 24.4 Å². The highest BCUT2D eigenvalue weighted by atomic mass is 16.5. The normalized spacial score (nSPS) is 24.7. The minimum absolute atomic E-state index is 0.0292. The first-order valence-electron chi connectivity index (χ1n) is 13.0. The van der Waals surface area contributed by atoms with Crippen molar-refractivity contribution in [3.8, 4) is 0 Å². The highest BCUT2D eigenvalue weighted by molar-refractivity contribution is 5.88. The third-order valence-corrected chi connectivity index (χ3v) is 7.65. The fraction of sp³-hybridized carbons (Fsp3) is 0.538. The van der Waals surface area contributed by atoms with Gasteiger partial charge < -0.3 is 19.6 Å². The van der Waals surface area contributed by atoms with Gasteiger partial charge in [0.25, 0.3) is 0 Å². The highest BCUT2D eigenvalue weighted by Gasteiger charge is 2.46. The summed E-state index contributed by atoms with van der Waals surface area (Å²) in [5.41, 5.74) is 1.91. The summed E-state index contributed by atoms with van der Waals surface area (Å²) in [6, 6.07) is 7.77. The molecule has 7 rings (SSSR count). The number of carbonyl (C=O) groups excluding carboxylic acids is 1. The maximum atomic E-state index is 11.6. The number of aliphatic hydroxyl groups is 1. The molecule has 0 spiro atoms. The van der Waals surface area contributed by atoms with E-state index in [1.807, 2.05) is 24.3 Å². The fourth-order valence-corrected chi connectivity index (χ4v) is 5.32. The number of hydrogen-bond acceptors (Lipinski definition) is 10. The Morgan fingerprint density at radius 2 is 1.46 bits per heavy atom. The standard InChI is InChI=1S/C16H19N5O2.C10H13N3O/c1-2-23-16(22)13-6-17-21(9-13)10-14-3-4-15(19-18-14)20-7-11-5-12(11)8-20;14-6-9-1-2-10(12-11-9)13-4-7-3-8(7)5-13/h3-4,6,9,11-12H,2,5,7-8,10H2,1H3;1-2,7-8,14H,3-6H2. The SMILES string of the molecule is CCOC(=O)c1cnn(Cc2ccc(N3CC4CC4C3)nn2)c1.OCc1ccc(N2CC3CC3C2)nn1. The minimum Gasteiger partial charge on any atom is -0.462 e. The number of esters is 1. The molecule has 2 aliphatic carbocycles. The predicted molar refractivity (Wildman–Crippen MR) is 135 cm³/mol. The number of carbonyl (C=O) groups is 1. The maximum absolute atomic E-state index is 11.6. The van der Waals surface area contributed by atoms with Gasteiger partial charge >= 0.3 is 5.97 Å². The van der Waals surface area contributed by atoms with Crippen LogP contribution in [0.2, 0.25) is 0 Å². The molecule has 2 saturated carbocycles. The quantitative estimate of drug-likeness (QED) is 0.476. The van der Waals surface area contributed by atoms with Gasteiger partial charge in [-0.25, -0.2) is 4.79 Å². The van der Waals surface area contributed by atoms with E-state index in [2.05, 4.69) is 35.3 Å². The average Bonchev–Trinajstić information content (AvgIpc) is 3.63. The van der Waals surface area contributed by atoms with Gasteiger partial charge in [-0.05, 0) is 67.7 Å². The summed E-state index contributed by atoms with van der Waals surface area (Å²) in [6.45, 7) is 7.09. The molecule has 11 heteroatoms. The Labute approximate surface area is 215 Å². The van der Waals surface area contributed by atoms with Crippen molar-refractivity contribution < 1.29 is 14.6 Å². The van der Waals surface area contributed by atoms with Crippen LogP contribution < -0.4 is 9.80 Å². The van der Waals surface area contributed by atoms with Crippen LogP contribution in [-0.4, -0.2) is 74.0 Å². The molecule has 0 radical (unpaired) electrons. The van der Waals surface area contributed by atoms with Crippen LogP contribution in [0.3, 0.4) is 0 Å². The van der Waals surface area contributed by atoms with Crippen LogP contribution in [0.25, 0.3) is 0 Å². The van der Waals surface area contributed by atoms with E-state index < -0.39 is 0 Å². The third-order valence-electron chi connectivity index (χ3n) is 7.65. The van der Waals surface area contributed by atoms with E-state index in [0.717, 1.165) is 67.2 Å². The molecule has 11 nitrogen and oxygen atoms in total. The summed E-state index contributed by atoms with van der Waals surface area (Å²) in [5, 5.41) is 29.6. The second kappa shape index (κ2) is 10.0. The van der Waals surface area contributed by atoms with Crippen LogP contribution in [0.4, 0.5) is 11.6 Å². The number of aliphatic hydroxyl groups excluding tert-OH is 1. The van der Waals surface area contributed by atoms with E-state index in [1.165, 1.54) is 19.0 Å². The molecule has 2 aliphatic heterocycles. The van der Waals surface area contributed by atoms with Gasteiger partial charge in [-0.3, -0.25) is 4.68 Å². The van der Waals surface area contributed by atoms with Crippen molar-refractivity contribution in [3.05, 3.63) is 53.6 Å². The Hall–Kier alpha value is -3.60. The summed E-state index contributed by atoms with van der Waals surface area (Å²) < 4.78 is 6.62. The van der Waals surface area contributed by atoms with E-state index in [4.69, 9.17) is 9.84 Å². The van der Waals surface area contributed by atoms with Crippen LogP contribution in [0, 0.1) is 23.7 Å². The third kappa shape index (κ3) is 5.41. The predicted octanol–water partition coefficient (Wildman–Crippen LogP) is 1.78. The Balaban J connectivity index is 0.000000153.